The predicted molar refractivity (Wildman–Crippen MR) is 152 cm³/mol. The van der Waals surface area contributed by atoms with Gasteiger partial charge in [0.15, 0.2) is 0 Å². The van der Waals surface area contributed by atoms with E-state index in [2.05, 4.69) is 32.5 Å². The first kappa shape index (κ1) is 24.8. The Morgan fingerprint density at radius 2 is 1.82 bits per heavy atom. The summed E-state index contributed by atoms with van der Waals surface area (Å²) in [5.41, 5.74) is 4.12. The van der Waals surface area contributed by atoms with Gasteiger partial charge in [-0.25, -0.2) is 0 Å². The fourth-order valence-electron chi connectivity index (χ4n) is 4.90. The third-order valence-corrected chi connectivity index (χ3v) is 6.75. The number of hydrogen-bond donors (Lipinski definition) is 1. The molecule has 2 aromatic carbocycles. The molecule has 196 valence electrons. The minimum atomic E-state index is -0.513. The monoisotopic (exact) mass is 527 g/mol. The van der Waals surface area contributed by atoms with E-state index in [1.54, 1.807) is 40.7 Å². The normalized spacial score (nSPS) is 11.8. The summed E-state index contributed by atoms with van der Waals surface area (Å²) in [4.78, 5) is 27.7. The second-order valence-corrected chi connectivity index (χ2v) is 9.52. The highest BCUT2D eigenvalue weighted by Gasteiger charge is 2.23. The number of nitrogens with one attached hydrogen (secondary N) is 1. The molecule has 9 heteroatoms. The van der Waals surface area contributed by atoms with Crippen molar-refractivity contribution in [2.24, 2.45) is 7.05 Å². The first-order valence-corrected chi connectivity index (χ1v) is 12.8. The standard InChI is InChI=1S/C31H25N7O2/c1-20(34-30(39)28-21(2)35-38-26(28)13-8-16-32-38)27-17-24-10-7-9-23(15-14-22-18-33-36(3)19-22)29(24)31(40)37(27)25-11-5-4-6-12-25/h4-13,16-20H,1-3H3,(H,34,39)/t20-/m0/s1. The molecule has 0 unspecified atom stereocenters. The number of benzene rings is 2. The highest BCUT2D eigenvalue weighted by Crippen LogP contribution is 2.24. The smallest absolute Gasteiger partial charge is 0.264 e. The van der Waals surface area contributed by atoms with Crippen LogP contribution in [-0.4, -0.2) is 35.1 Å². The Balaban J connectivity index is 1.48. The molecule has 0 fully saturated rings. The number of para-hydroxylation sites is 1. The Bertz CT molecular complexity index is 2020. The van der Waals surface area contributed by atoms with E-state index in [1.807, 2.05) is 74.8 Å². The number of aromatic nitrogens is 6. The van der Waals surface area contributed by atoms with Crippen LogP contribution in [0.5, 0.6) is 0 Å². The molecule has 40 heavy (non-hydrogen) atoms. The van der Waals surface area contributed by atoms with Gasteiger partial charge in [0.25, 0.3) is 11.5 Å². The third-order valence-electron chi connectivity index (χ3n) is 6.75. The maximum absolute atomic E-state index is 14.2. The van der Waals surface area contributed by atoms with E-state index >= 15 is 0 Å². The maximum atomic E-state index is 14.2. The van der Waals surface area contributed by atoms with E-state index in [9.17, 15) is 9.59 Å². The predicted octanol–water partition coefficient (Wildman–Crippen LogP) is 3.97. The van der Waals surface area contributed by atoms with Gasteiger partial charge in [-0.3, -0.25) is 18.8 Å². The van der Waals surface area contributed by atoms with Crippen molar-refractivity contribution < 1.29 is 4.79 Å². The summed E-state index contributed by atoms with van der Waals surface area (Å²) in [7, 11) is 1.83. The van der Waals surface area contributed by atoms with Crippen molar-refractivity contribution in [3.05, 3.63) is 124 Å². The van der Waals surface area contributed by atoms with E-state index in [1.165, 1.54) is 4.63 Å². The molecule has 6 rings (SSSR count). The first-order chi connectivity index (χ1) is 19.4. The largest absolute Gasteiger partial charge is 0.344 e. The number of carbonyl (C=O) groups excluding carboxylic acids is 1. The van der Waals surface area contributed by atoms with Crippen LogP contribution in [0.1, 0.15) is 45.8 Å². The Morgan fingerprint density at radius 3 is 2.60 bits per heavy atom. The van der Waals surface area contributed by atoms with Crippen molar-refractivity contribution in [1.29, 1.82) is 0 Å². The summed E-state index contributed by atoms with van der Waals surface area (Å²) in [5.74, 6) is 5.97. The van der Waals surface area contributed by atoms with Gasteiger partial charge in [-0.1, -0.05) is 42.2 Å². The van der Waals surface area contributed by atoms with Crippen LogP contribution >= 0.6 is 0 Å². The highest BCUT2D eigenvalue weighted by atomic mass is 16.2. The van der Waals surface area contributed by atoms with Crippen LogP contribution in [0.3, 0.4) is 0 Å². The molecule has 1 N–H and O–H groups in total. The van der Waals surface area contributed by atoms with Gasteiger partial charge in [0.05, 0.1) is 34.4 Å². The Labute approximate surface area is 229 Å². The minimum Gasteiger partial charge on any atom is -0.344 e. The molecule has 0 aliphatic rings. The molecule has 1 atom stereocenters. The molecule has 4 heterocycles. The molecule has 0 radical (unpaired) electrons. The van der Waals surface area contributed by atoms with Gasteiger partial charge in [0, 0.05) is 36.4 Å². The molecule has 0 bridgehead atoms. The maximum Gasteiger partial charge on any atom is 0.264 e. The summed E-state index contributed by atoms with van der Waals surface area (Å²) in [6.45, 7) is 3.64. The molecule has 0 spiro atoms. The van der Waals surface area contributed by atoms with Crippen LogP contribution in [0.25, 0.3) is 22.0 Å². The van der Waals surface area contributed by atoms with E-state index < -0.39 is 6.04 Å². The van der Waals surface area contributed by atoms with Gasteiger partial charge in [-0.05, 0) is 55.6 Å². The lowest BCUT2D eigenvalue weighted by atomic mass is 10.0. The van der Waals surface area contributed by atoms with Crippen molar-refractivity contribution in [3.8, 4) is 17.5 Å². The lowest BCUT2D eigenvalue weighted by molar-refractivity contribution is 0.0939. The highest BCUT2D eigenvalue weighted by molar-refractivity contribution is 6.02. The van der Waals surface area contributed by atoms with Gasteiger partial charge >= 0.3 is 0 Å². The number of rotatable bonds is 4. The van der Waals surface area contributed by atoms with Crippen LogP contribution in [0, 0.1) is 18.8 Å². The SMILES string of the molecule is Cc1nn2ncccc2c1C(=O)N[C@@H](C)c1cc2cccc(C#Cc3cnn(C)c3)c2c(=O)n1-c1ccccc1. The van der Waals surface area contributed by atoms with Crippen LogP contribution in [0.2, 0.25) is 0 Å². The summed E-state index contributed by atoms with van der Waals surface area (Å²) < 4.78 is 4.77. The van der Waals surface area contributed by atoms with Crippen LogP contribution in [-0.2, 0) is 7.05 Å². The van der Waals surface area contributed by atoms with Crippen molar-refractivity contribution in [1.82, 2.24) is 34.5 Å². The number of aryl methyl sites for hydroxylation is 2. The van der Waals surface area contributed by atoms with Crippen LogP contribution in [0.15, 0.2) is 90.1 Å². The van der Waals surface area contributed by atoms with E-state index in [4.69, 9.17) is 0 Å². The molecule has 9 nitrogen and oxygen atoms in total. The number of amides is 1. The summed E-state index contributed by atoms with van der Waals surface area (Å²) in [6, 6.07) is 20.0. The molecule has 0 aliphatic heterocycles. The lowest BCUT2D eigenvalue weighted by Gasteiger charge is -2.21. The molecule has 0 saturated heterocycles. The van der Waals surface area contributed by atoms with Crippen molar-refractivity contribution in [3.63, 3.8) is 0 Å². The van der Waals surface area contributed by atoms with Gasteiger partial charge in [-0.15, -0.1) is 0 Å². The number of pyridine rings is 1. The molecular formula is C31H25N7O2. The fraction of sp³-hybridized carbons (Fsp3) is 0.129. The molecule has 6 aromatic rings. The minimum absolute atomic E-state index is 0.216. The zero-order chi connectivity index (χ0) is 27.8. The zero-order valence-electron chi connectivity index (χ0n) is 22.2. The van der Waals surface area contributed by atoms with Gasteiger partial charge in [0.1, 0.15) is 5.52 Å². The number of nitrogens with zero attached hydrogens (tertiary/aromatic N) is 6. The molecule has 1 amide bonds. The molecule has 4 aromatic heterocycles. The number of carbonyl (C=O) groups is 1. The zero-order valence-corrected chi connectivity index (χ0v) is 22.2. The van der Waals surface area contributed by atoms with Crippen molar-refractivity contribution in [2.75, 3.05) is 0 Å². The first-order valence-electron chi connectivity index (χ1n) is 12.8. The van der Waals surface area contributed by atoms with Crippen LogP contribution in [0.4, 0.5) is 0 Å². The lowest BCUT2D eigenvalue weighted by Crippen LogP contribution is -2.32. The average Bonchev–Trinajstić information content (AvgIpc) is 3.53. The Morgan fingerprint density at radius 1 is 1.00 bits per heavy atom. The van der Waals surface area contributed by atoms with Crippen molar-refractivity contribution in [2.45, 2.75) is 19.9 Å². The molecule has 0 saturated carbocycles. The second-order valence-electron chi connectivity index (χ2n) is 9.52. The summed E-state index contributed by atoms with van der Waals surface area (Å²) >= 11 is 0. The summed E-state index contributed by atoms with van der Waals surface area (Å²) in [5, 5.41) is 17.0. The van der Waals surface area contributed by atoms with Crippen LogP contribution < -0.4 is 10.9 Å². The van der Waals surface area contributed by atoms with E-state index in [-0.39, 0.29) is 11.5 Å². The van der Waals surface area contributed by atoms with Gasteiger partial charge < -0.3 is 5.32 Å². The molecule has 0 aliphatic carbocycles. The van der Waals surface area contributed by atoms with E-state index in [0.29, 0.717) is 39.1 Å². The fourth-order valence-corrected chi connectivity index (χ4v) is 4.90. The topological polar surface area (TPSA) is 99.1 Å². The average molecular weight is 528 g/mol. The summed E-state index contributed by atoms with van der Waals surface area (Å²) in [6.07, 6.45) is 5.13. The van der Waals surface area contributed by atoms with Gasteiger partial charge in [-0.2, -0.15) is 19.9 Å². The second kappa shape index (κ2) is 10.0. The Kier molecular flexibility index (Phi) is 6.21. The number of fused-ring (bicyclic) bond motifs is 2. The molecular weight excluding hydrogens is 502 g/mol. The third kappa shape index (κ3) is 4.41. The van der Waals surface area contributed by atoms with Crippen molar-refractivity contribution >= 4 is 22.2 Å². The van der Waals surface area contributed by atoms with Gasteiger partial charge in [0.2, 0.25) is 0 Å². The number of hydrogen-bond acceptors (Lipinski definition) is 5. The quantitative estimate of drug-likeness (QED) is 0.350. The Hall–Kier alpha value is -5.49. The van der Waals surface area contributed by atoms with E-state index in [0.717, 1.165) is 10.9 Å².